The molecule has 17 heavy (non-hydrogen) atoms. The van der Waals surface area contributed by atoms with E-state index in [1.165, 1.54) is 0 Å². The summed E-state index contributed by atoms with van der Waals surface area (Å²) in [6.07, 6.45) is 0.810. The number of benzene rings is 1. The van der Waals surface area contributed by atoms with E-state index in [1.807, 2.05) is 13.0 Å². The van der Waals surface area contributed by atoms with E-state index in [4.69, 9.17) is 9.68 Å². The van der Waals surface area contributed by atoms with E-state index < -0.39 is 5.76 Å². The van der Waals surface area contributed by atoms with Gasteiger partial charge in [0.15, 0.2) is 5.58 Å². The molecule has 0 aliphatic rings. The summed E-state index contributed by atoms with van der Waals surface area (Å²) < 4.78 is 4.95. The molecule has 0 spiro atoms. The van der Waals surface area contributed by atoms with Crippen molar-refractivity contribution in [2.75, 3.05) is 11.9 Å². The van der Waals surface area contributed by atoms with Crippen LogP contribution in [0.15, 0.2) is 27.4 Å². The molecule has 5 heteroatoms. The molecule has 1 aromatic carbocycles. The molecule has 1 heterocycles. The van der Waals surface area contributed by atoms with Crippen molar-refractivity contribution in [1.82, 2.24) is 4.98 Å². The number of nitrogens with zero attached hydrogens (tertiary/aromatic N) is 1. The van der Waals surface area contributed by atoms with Gasteiger partial charge in [-0.15, -0.1) is 0 Å². The average Bonchev–Trinajstić information content (AvgIpc) is 2.69. The predicted molar refractivity (Wildman–Crippen MR) is 64.7 cm³/mol. The molecule has 5 nitrogen and oxygen atoms in total. The van der Waals surface area contributed by atoms with Crippen molar-refractivity contribution in [3.8, 4) is 6.07 Å². The van der Waals surface area contributed by atoms with Gasteiger partial charge in [-0.1, -0.05) is 6.92 Å². The van der Waals surface area contributed by atoms with E-state index in [0.29, 0.717) is 17.6 Å². The fourth-order valence-electron chi connectivity index (χ4n) is 1.58. The molecule has 0 amide bonds. The molecule has 0 aliphatic carbocycles. The van der Waals surface area contributed by atoms with Crippen molar-refractivity contribution in [3.63, 3.8) is 0 Å². The van der Waals surface area contributed by atoms with Crippen LogP contribution in [-0.4, -0.2) is 11.5 Å². The number of rotatable bonds is 4. The summed E-state index contributed by atoms with van der Waals surface area (Å²) >= 11 is 0. The van der Waals surface area contributed by atoms with Gasteiger partial charge in [0.05, 0.1) is 17.5 Å². The lowest BCUT2D eigenvalue weighted by Gasteiger charge is -2.08. The number of aromatic amines is 1. The van der Waals surface area contributed by atoms with Crippen molar-refractivity contribution in [3.05, 3.63) is 28.7 Å². The standard InChI is InChI=1S/C12H13N3O2/c1-2-8(6-13)7-14-9-3-4-10-11(5-9)17-12(16)15-10/h3-5,8,14H,2,7H2,1H3,(H,15,16). The van der Waals surface area contributed by atoms with Crippen LogP contribution >= 0.6 is 0 Å². The van der Waals surface area contributed by atoms with Crippen LogP contribution in [0.1, 0.15) is 13.3 Å². The van der Waals surface area contributed by atoms with Crippen LogP contribution in [0.5, 0.6) is 0 Å². The largest absolute Gasteiger partial charge is 0.417 e. The SMILES string of the molecule is CCC(C#N)CNc1ccc2[nH]c(=O)oc2c1. The van der Waals surface area contributed by atoms with E-state index in [9.17, 15) is 4.79 Å². The van der Waals surface area contributed by atoms with E-state index >= 15 is 0 Å². The molecule has 2 aromatic rings. The van der Waals surface area contributed by atoms with E-state index in [0.717, 1.165) is 12.1 Å². The molecule has 0 radical (unpaired) electrons. The molecule has 1 unspecified atom stereocenters. The third-order valence-corrected chi connectivity index (χ3v) is 2.65. The summed E-state index contributed by atoms with van der Waals surface area (Å²) in [4.78, 5) is 13.5. The number of nitriles is 1. The van der Waals surface area contributed by atoms with Crippen LogP contribution in [0.3, 0.4) is 0 Å². The summed E-state index contributed by atoms with van der Waals surface area (Å²) in [6.45, 7) is 2.57. The maximum Gasteiger partial charge on any atom is 0.417 e. The molecule has 2 rings (SSSR count). The van der Waals surface area contributed by atoms with Crippen molar-refractivity contribution in [2.24, 2.45) is 5.92 Å². The maximum atomic E-state index is 11.0. The molecular weight excluding hydrogens is 218 g/mol. The highest BCUT2D eigenvalue weighted by Gasteiger charge is 2.05. The van der Waals surface area contributed by atoms with Crippen LogP contribution in [0.4, 0.5) is 5.69 Å². The van der Waals surface area contributed by atoms with Gasteiger partial charge in [0, 0.05) is 18.3 Å². The first kappa shape index (κ1) is 11.3. The van der Waals surface area contributed by atoms with Gasteiger partial charge in [0.2, 0.25) is 0 Å². The van der Waals surface area contributed by atoms with Gasteiger partial charge < -0.3 is 9.73 Å². The molecule has 0 bridgehead atoms. The third kappa shape index (κ3) is 2.48. The van der Waals surface area contributed by atoms with E-state index in [1.54, 1.807) is 12.1 Å². The van der Waals surface area contributed by atoms with Crippen LogP contribution in [0.2, 0.25) is 0 Å². The monoisotopic (exact) mass is 231 g/mol. The van der Waals surface area contributed by atoms with Crippen LogP contribution in [0.25, 0.3) is 11.1 Å². The first-order valence-electron chi connectivity index (χ1n) is 5.49. The molecule has 2 N–H and O–H groups in total. The molecule has 1 atom stereocenters. The topological polar surface area (TPSA) is 81.8 Å². The Balaban J connectivity index is 2.14. The van der Waals surface area contributed by atoms with Gasteiger partial charge in [-0.05, 0) is 18.6 Å². The van der Waals surface area contributed by atoms with Crippen molar-refractivity contribution in [2.45, 2.75) is 13.3 Å². The van der Waals surface area contributed by atoms with E-state index in [-0.39, 0.29) is 5.92 Å². The molecule has 1 aromatic heterocycles. The number of anilines is 1. The number of H-pyrrole nitrogens is 1. The zero-order valence-electron chi connectivity index (χ0n) is 9.49. The van der Waals surface area contributed by atoms with Gasteiger partial charge >= 0.3 is 5.76 Å². The zero-order chi connectivity index (χ0) is 12.3. The van der Waals surface area contributed by atoms with Crippen LogP contribution in [-0.2, 0) is 0 Å². The highest BCUT2D eigenvalue weighted by Crippen LogP contribution is 2.16. The zero-order valence-corrected chi connectivity index (χ0v) is 9.49. The Morgan fingerprint density at radius 1 is 1.59 bits per heavy atom. The number of aromatic nitrogens is 1. The van der Waals surface area contributed by atoms with Gasteiger partial charge in [-0.2, -0.15) is 5.26 Å². The highest BCUT2D eigenvalue weighted by atomic mass is 16.4. The molecule has 0 saturated heterocycles. The number of hydrogen-bond acceptors (Lipinski definition) is 4. The Morgan fingerprint density at radius 3 is 3.12 bits per heavy atom. The molecule has 0 saturated carbocycles. The molecule has 0 aliphatic heterocycles. The van der Waals surface area contributed by atoms with Crippen LogP contribution in [0, 0.1) is 17.2 Å². The van der Waals surface area contributed by atoms with Gasteiger partial charge in [0.25, 0.3) is 0 Å². The Morgan fingerprint density at radius 2 is 2.41 bits per heavy atom. The van der Waals surface area contributed by atoms with Crippen LogP contribution < -0.4 is 11.1 Å². The minimum atomic E-state index is -0.458. The Hall–Kier alpha value is -2.22. The third-order valence-electron chi connectivity index (χ3n) is 2.65. The lowest BCUT2D eigenvalue weighted by molar-refractivity contribution is 0.555. The molecule has 88 valence electrons. The minimum absolute atomic E-state index is 0.0103. The summed E-state index contributed by atoms with van der Waals surface area (Å²) in [5.74, 6) is -0.468. The second-order valence-corrected chi connectivity index (χ2v) is 3.84. The summed E-state index contributed by atoms with van der Waals surface area (Å²) in [6, 6.07) is 7.59. The second-order valence-electron chi connectivity index (χ2n) is 3.84. The van der Waals surface area contributed by atoms with Crippen molar-refractivity contribution < 1.29 is 4.42 Å². The van der Waals surface area contributed by atoms with E-state index in [2.05, 4.69) is 16.4 Å². The van der Waals surface area contributed by atoms with Gasteiger partial charge in [0.1, 0.15) is 0 Å². The number of hydrogen-bond donors (Lipinski definition) is 2. The van der Waals surface area contributed by atoms with Gasteiger partial charge in [-0.3, -0.25) is 4.98 Å². The Kier molecular flexibility index (Phi) is 3.15. The fraction of sp³-hybridized carbons (Fsp3) is 0.333. The Bertz CT molecular complexity index is 606. The first-order valence-corrected chi connectivity index (χ1v) is 5.49. The number of nitrogens with one attached hydrogen (secondary N) is 2. The average molecular weight is 231 g/mol. The Labute approximate surface area is 98.1 Å². The van der Waals surface area contributed by atoms with Crippen molar-refractivity contribution in [1.29, 1.82) is 5.26 Å². The number of oxazole rings is 1. The van der Waals surface area contributed by atoms with Gasteiger partial charge in [-0.25, -0.2) is 4.79 Å². The lowest BCUT2D eigenvalue weighted by atomic mass is 10.1. The summed E-state index contributed by atoms with van der Waals surface area (Å²) in [5.41, 5.74) is 2.03. The number of fused-ring (bicyclic) bond motifs is 1. The molecular formula is C12H13N3O2. The summed E-state index contributed by atoms with van der Waals surface area (Å²) in [5, 5.41) is 12.0. The summed E-state index contributed by atoms with van der Waals surface area (Å²) in [7, 11) is 0. The highest BCUT2D eigenvalue weighted by molar-refractivity contribution is 5.76. The second kappa shape index (κ2) is 4.74. The lowest BCUT2D eigenvalue weighted by Crippen LogP contribution is -2.11. The minimum Gasteiger partial charge on any atom is -0.408 e. The predicted octanol–water partition coefficient (Wildman–Crippen LogP) is 2.08. The van der Waals surface area contributed by atoms with Crippen molar-refractivity contribution >= 4 is 16.8 Å². The quantitative estimate of drug-likeness (QED) is 0.844. The maximum absolute atomic E-state index is 11.0. The smallest absolute Gasteiger partial charge is 0.408 e. The fourth-order valence-corrected chi connectivity index (χ4v) is 1.58. The normalized spacial score (nSPS) is 12.2. The molecule has 0 fully saturated rings. The first-order chi connectivity index (χ1) is 8.22.